The van der Waals surface area contributed by atoms with Gasteiger partial charge in [0.2, 0.25) is 0 Å². The first kappa shape index (κ1) is 13.3. The molecule has 0 bridgehead atoms. The molecule has 0 N–H and O–H groups in total. The second kappa shape index (κ2) is 5.22. The lowest BCUT2D eigenvalue weighted by Gasteiger charge is -2.39. The normalized spacial score (nSPS) is 21.4. The summed E-state index contributed by atoms with van der Waals surface area (Å²) in [6.07, 6.45) is 0.977. The highest BCUT2D eigenvalue weighted by molar-refractivity contribution is 5.50. The SMILES string of the molecule is CCc1nc(C)nc(N2CCN(C)CC2C)c1C. The van der Waals surface area contributed by atoms with Gasteiger partial charge in [0, 0.05) is 36.9 Å². The van der Waals surface area contributed by atoms with Gasteiger partial charge in [0.05, 0.1) is 0 Å². The van der Waals surface area contributed by atoms with Gasteiger partial charge in [-0.15, -0.1) is 0 Å². The summed E-state index contributed by atoms with van der Waals surface area (Å²) in [5, 5.41) is 0. The largest absolute Gasteiger partial charge is 0.351 e. The van der Waals surface area contributed by atoms with Crippen molar-refractivity contribution >= 4 is 5.82 Å². The number of rotatable bonds is 2. The van der Waals surface area contributed by atoms with E-state index in [1.807, 2.05) is 6.92 Å². The van der Waals surface area contributed by atoms with Crippen LogP contribution < -0.4 is 4.90 Å². The zero-order valence-electron chi connectivity index (χ0n) is 12.2. The molecule has 0 radical (unpaired) electrons. The van der Waals surface area contributed by atoms with E-state index >= 15 is 0 Å². The van der Waals surface area contributed by atoms with Gasteiger partial charge in [0.25, 0.3) is 0 Å². The monoisotopic (exact) mass is 248 g/mol. The molecule has 1 saturated heterocycles. The van der Waals surface area contributed by atoms with Crippen LogP contribution in [0.15, 0.2) is 0 Å². The van der Waals surface area contributed by atoms with Gasteiger partial charge in [-0.05, 0) is 34.2 Å². The van der Waals surface area contributed by atoms with Crippen LogP contribution in [0.2, 0.25) is 0 Å². The Morgan fingerprint density at radius 2 is 1.94 bits per heavy atom. The zero-order chi connectivity index (χ0) is 13.3. The van der Waals surface area contributed by atoms with Gasteiger partial charge in [0.1, 0.15) is 11.6 Å². The van der Waals surface area contributed by atoms with E-state index in [1.165, 1.54) is 11.3 Å². The predicted molar refractivity (Wildman–Crippen MR) is 75.2 cm³/mol. The highest BCUT2D eigenvalue weighted by atomic mass is 15.3. The summed E-state index contributed by atoms with van der Waals surface area (Å²) in [6.45, 7) is 11.8. The number of nitrogens with zero attached hydrogens (tertiary/aromatic N) is 4. The molecule has 1 fully saturated rings. The summed E-state index contributed by atoms with van der Waals surface area (Å²) >= 11 is 0. The fraction of sp³-hybridized carbons (Fsp3) is 0.714. The molecule has 4 nitrogen and oxygen atoms in total. The molecule has 0 aliphatic carbocycles. The number of likely N-dealkylation sites (N-methyl/N-ethyl adjacent to an activating group) is 1. The molecule has 18 heavy (non-hydrogen) atoms. The summed E-state index contributed by atoms with van der Waals surface area (Å²) in [7, 11) is 2.18. The Bertz CT molecular complexity index is 430. The summed E-state index contributed by atoms with van der Waals surface area (Å²) < 4.78 is 0. The van der Waals surface area contributed by atoms with Crippen LogP contribution in [0.3, 0.4) is 0 Å². The van der Waals surface area contributed by atoms with Crippen LogP contribution in [0.4, 0.5) is 5.82 Å². The van der Waals surface area contributed by atoms with Gasteiger partial charge < -0.3 is 9.80 Å². The van der Waals surface area contributed by atoms with Crippen LogP contribution in [-0.4, -0.2) is 47.6 Å². The molecule has 0 amide bonds. The molecule has 4 heteroatoms. The van der Waals surface area contributed by atoms with Crippen LogP contribution in [0, 0.1) is 13.8 Å². The molecule has 1 aliphatic rings. The van der Waals surface area contributed by atoms with E-state index in [2.05, 4.69) is 47.6 Å². The van der Waals surface area contributed by atoms with Crippen LogP contribution in [0.5, 0.6) is 0 Å². The van der Waals surface area contributed by atoms with Crippen molar-refractivity contribution in [3.05, 3.63) is 17.1 Å². The quantitative estimate of drug-likeness (QED) is 0.799. The number of hydrogen-bond acceptors (Lipinski definition) is 4. The summed E-state index contributed by atoms with van der Waals surface area (Å²) in [6, 6.07) is 0.515. The van der Waals surface area contributed by atoms with Crippen LogP contribution in [-0.2, 0) is 6.42 Å². The average Bonchev–Trinajstić information content (AvgIpc) is 2.32. The molecule has 0 spiro atoms. The Hall–Kier alpha value is -1.16. The average molecular weight is 248 g/mol. The zero-order valence-corrected chi connectivity index (χ0v) is 12.2. The molecule has 1 aromatic rings. The molecule has 1 aliphatic heterocycles. The maximum atomic E-state index is 4.68. The molecule has 0 saturated carbocycles. The van der Waals surface area contributed by atoms with E-state index in [0.29, 0.717) is 6.04 Å². The van der Waals surface area contributed by atoms with E-state index in [0.717, 1.165) is 37.7 Å². The standard InChI is InChI=1S/C14H24N4/c1-6-13-11(3)14(16-12(4)15-13)18-8-7-17(5)9-10(18)2/h10H,6-9H2,1-5H3. The van der Waals surface area contributed by atoms with Gasteiger partial charge >= 0.3 is 0 Å². The van der Waals surface area contributed by atoms with Gasteiger partial charge in [-0.1, -0.05) is 6.92 Å². The molecule has 0 aromatic carbocycles. The van der Waals surface area contributed by atoms with Crippen molar-refractivity contribution in [2.45, 2.75) is 40.2 Å². The van der Waals surface area contributed by atoms with E-state index in [1.54, 1.807) is 0 Å². The minimum absolute atomic E-state index is 0.515. The van der Waals surface area contributed by atoms with Crippen molar-refractivity contribution in [3.8, 4) is 0 Å². The highest BCUT2D eigenvalue weighted by Crippen LogP contribution is 2.24. The molecule has 1 unspecified atom stereocenters. The minimum atomic E-state index is 0.515. The first-order chi connectivity index (χ1) is 8.52. The van der Waals surface area contributed by atoms with Gasteiger partial charge in [-0.25, -0.2) is 9.97 Å². The van der Waals surface area contributed by atoms with E-state index in [9.17, 15) is 0 Å². The number of piperazine rings is 1. The van der Waals surface area contributed by atoms with Gasteiger partial charge in [0.15, 0.2) is 0 Å². The summed E-state index contributed by atoms with van der Waals surface area (Å²) in [5.74, 6) is 2.03. The maximum absolute atomic E-state index is 4.68. The second-order valence-electron chi connectivity index (χ2n) is 5.32. The van der Waals surface area contributed by atoms with E-state index < -0.39 is 0 Å². The number of aromatic nitrogens is 2. The minimum Gasteiger partial charge on any atom is -0.351 e. The Morgan fingerprint density at radius 1 is 1.22 bits per heavy atom. The molecule has 2 rings (SSSR count). The fourth-order valence-corrected chi connectivity index (χ4v) is 2.75. The third-order valence-electron chi connectivity index (χ3n) is 3.77. The molecule has 1 atom stereocenters. The van der Waals surface area contributed by atoms with Crippen LogP contribution >= 0.6 is 0 Å². The molecule has 2 heterocycles. The van der Waals surface area contributed by atoms with Crippen molar-refractivity contribution in [2.24, 2.45) is 0 Å². The predicted octanol–water partition coefficient (Wildman–Crippen LogP) is 1.80. The lowest BCUT2D eigenvalue weighted by atomic mass is 10.1. The van der Waals surface area contributed by atoms with Crippen LogP contribution in [0.25, 0.3) is 0 Å². The first-order valence-corrected chi connectivity index (χ1v) is 6.82. The van der Waals surface area contributed by atoms with Crippen molar-refractivity contribution in [1.29, 1.82) is 0 Å². The third-order valence-corrected chi connectivity index (χ3v) is 3.77. The summed E-state index contributed by atoms with van der Waals surface area (Å²) in [5.41, 5.74) is 2.43. The maximum Gasteiger partial charge on any atom is 0.135 e. The lowest BCUT2D eigenvalue weighted by molar-refractivity contribution is 0.274. The Balaban J connectivity index is 2.35. The second-order valence-corrected chi connectivity index (χ2v) is 5.32. The van der Waals surface area contributed by atoms with Crippen molar-refractivity contribution in [2.75, 3.05) is 31.6 Å². The summed E-state index contributed by atoms with van der Waals surface area (Å²) in [4.78, 5) is 14.0. The van der Waals surface area contributed by atoms with Crippen molar-refractivity contribution in [1.82, 2.24) is 14.9 Å². The van der Waals surface area contributed by atoms with Gasteiger partial charge in [-0.3, -0.25) is 0 Å². The Kier molecular flexibility index (Phi) is 3.85. The number of hydrogen-bond donors (Lipinski definition) is 0. The number of anilines is 1. The van der Waals surface area contributed by atoms with E-state index in [-0.39, 0.29) is 0 Å². The van der Waals surface area contributed by atoms with Crippen molar-refractivity contribution < 1.29 is 0 Å². The molecule has 100 valence electrons. The smallest absolute Gasteiger partial charge is 0.135 e. The fourth-order valence-electron chi connectivity index (χ4n) is 2.75. The Labute approximate surface area is 110 Å². The van der Waals surface area contributed by atoms with Crippen LogP contribution in [0.1, 0.15) is 30.9 Å². The third kappa shape index (κ3) is 2.48. The topological polar surface area (TPSA) is 32.3 Å². The van der Waals surface area contributed by atoms with Crippen molar-refractivity contribution in [3.63, 3.8) is 0 Å². The molecule has 1 aromatic heterocycles. The first-order valence-electron chi connectivity index (χ1n) is 6.82. The highest BCUT2D eigenvalue weighted by Gasteiger charge is 2.24. The molecular formula is C14H24N4. The Morgan fingerprint density at radius 3 is 2.56 bits per heavy atom. The lowest BCUT2D eigenvalue weighted by Crippen LogP contribution is -2.51. The molecular weight excluding hydrogens is 224 g/mol. The number of aryl methyl sites for hydroxylation is 2. The van der Waals surface area contributed by atoms with E-state index in [4.69, 9.17) is 0 Å². The van der Waals surface area contributed by atoms with Gasteiger partial charge in [-0.2, -0.15) is 0 Å².